The lowest BCUT2D eigenvalue weighted by Crippen LogP contribution is -2.26. The lowest BCUT2D eigenvalue weighted by atomic mass is 10.1. The van der Waals surface area contributed by atoms with Gasteiger partial charge in [0, 0.05) is 36.7 Å². The van der Waals surface area contributed by atoms with Crippen molar-refractivity contribution in [3.8, 4) is 17.1 Å². The van der Waals surface area contributed by atoms with Crippen LogP contribution in [0.1, 0.15) is 48.5 Å². The zero-order valence-electron chi connectivity index (χ0n) is 18.5. The number of furan rings is 1. The van der Waals surface area contributed by atoms with Crippen LogP contribution in [0.2, 0.25) is 0 Å². The third-order valence-electron chi connectivity index (χ3n) is 5.24. The first-order valence-corrected chi connectivity index (χ1v) is 10.8. The highest BCUT2D eigenvalue weighted by atomic mass is 16.5. The lowest BCUT2D eigenvalue weighted by molar-refractivity contribution is -0.137. The number of hydrogen-bond acceptors (Lipinski definition) is 4. The summed E-state index contributed by atoms with van der Waals surface area (Å²) in [5.74, 6) is 0.659. The second kappa shape index (κ2) is 11.2. The molecular weight excluding hydrogens is 406 g/mol. The number of amides is 1. The van der Waals surface area contributed by atoms with Crippen LogP contribution in [0.15, 0.2) is 71.3 Å². The zero-order chi connectivity index (χ0) is 22.9. The molecule has 0 spiro atoms. The molecule has 1 unspecified atom stereocenters. The van der Waals surface area contributed by atoms with Crippen LogP contribution < -0.4 is 4.74 Å². The van der Waals surface area contributed by atoms with Gasteiger partial charge in [-0.05, 0) is 56.5 Å². The fourth-order valence-electron chi connectivity index (χ4n) is 3.50. The summed E-state index contributed by atoms with van der Waals surface area (Å²) in [6.45, 7) is 2.40. The van der Waals surface area contributed by atoms with Gasteiger partial charge in [0.15, 0.2) is 0 Å². The van der Waals surface area contributed by atoms with Gasteiger partial charge in [-0.2, -0.15) is 0 Å². The molecule has 0 saturated heterocycles. The predicted octanol–water partition coefficient (Wildman–Crippen LogP) is 5.63. The Hall–Kier alpha value is -3.54. The highest BCUT2D eigenvalue weighted by Gasteiger charge is 2.16. The van der Waals surface area contributed by atoms with Gasteiger partial charge in [0.25, 0.3) is 5.91 Å². The fraction of sp³-hybridized carbons (Fsp3) is 0.308. The van der Waals surface area contributed by atoms with E-state index in [1.807, 2.05) is 55.5 Å². The molecule has 1 N–H and O–H groups in total. The van der Waals surface area contributed by atoms with E-state index >= 15 is 0 Å². The standard InChI is InChI=1S/C26H29NO5/c1-19(8-3-6-12-25(28)29)32-24-10-5-4-9-22(24)18-27(2)26(30)21-15-13-20(14-16-21)23-11-7-17-31-23/h4-5,7,9-11,13-17,19H,3,6,8,12,18H2,1-2H3,(H,28,29). The Morgan fingerprint density at radius 3 is 2.47 bits per heavy atom. The van der Waals surface area contributed by atoms with E-state index < -0.39 is 5.97 Å². The fourth-order valence-corrected chi connectivity index (χ4v) is 3.50. The number of para-hydroxylation sites is 1. The van der Waals surface area contributed by atoms with Crippen molar-refractivity contribution >= 4 is 11.9 Å². The number of carboxylic acid groups (broad SMARTS) is 1. The Morgan fingerprint density at radius 2 is 1.78 bits per heavy atom. The monoisotopic (exact) mass is 435 g/mol. The molecule has 1 heterocycles. The first-order valence-electron chi connectivity index (χ1n) is 10.8. The van der Waals surface area contributed by atoms with Gasteiger partial charge in [0.1, 0.15) is 11.5 Å². The molecule has 0 fully saturated rings. The number of aliphatic carboxylic acids is 1. The molecular formula is C26H29NO5. The number of benzene rings is 2. The van der Waals surface area contributed by atoms with Crippen molar-refractivity contribution < 1.29 is 23.8 Å². The molecule has 3 aromatic rings. The summed E-state index contributed by atoms with van der Waals surface area (Å²) in [7, 11) is 1.77. The van der Waals surface area contributed by atoms with Gasteiger partial charge in [-0.1, -0.05) is 30.3 Å². The Bertz CT molecular complexity index is 1010. The van der Waals surface area contributed by atoms with Crippen molar-refractivity contribution in [3.63, 3.8) is 0 Å². The molecule has 168 valence electrons. The van der Waals surface area contributed by atoms with Crippen LogP contribution in [0, 0.1) is 0 Å². The number of nitrogens with zero attached hydrogens (tertiary/aromatic N) is 1. The second-order valence-corrected chi connectivity index (χ2v) is 7.89. The average molecular weight is 436 g/mol. The van der Waals surface area contributed by atoms with E-state index in [2.05, 4.69) is 0 Å². The van der Waals surface area contributed by atoms with Crippen LogP contribution in [-0.4, -0.2) is 35.0 Å². The summed E-state index contributed by atoms with van der Waals surface area (Å²) < 4.78 is 11.5. The summed E-state index contributed by atoms with van der Waals surface area (Å²) in [5.41, 5.74) is 2.45. The molecule has 0 aliphatic carbocycles. The zero-order valence-corrected chi connectivity index (χ0v) is 18.5. The van der Waals surface area contributed by atoms with Crippen LogP contribution >= 0.6 is 0 Å². The minimum absolute atomic E-state index is 0.0416. The SMILES string of the molecule is CC(CCCCC(=O)O)Oc1ccccc1CN(C)C(=O)c1ccc(-c2ccco2)cc1. The van der Waals surface area contributed by atoms with E-state index in [0.717, 1.165) is 35.5 Å². The van der Waals surface area contributed by atoms with Crippen molar-refractivity contribution in [2.24, 2.45) is 0 Å². The molecule has 0 bridgehead atoms. The van der Waals surface area contributed by atoms with Gasteiger partial charge in [-0.15, -0.1) is 0 Å². The number of carbonyl (C=O) groups is 2. The number of carboxylic acids is 1. The van der Waals surface area contributed by atoms with Crippen LogP contribution in [0.4, 0.5) is 0 Å². The van der Waals surface area contributed by atoms with Gasteiger partial charge in [0.05, 0.1) is 12.4 Å². The number of ether oxygens (including phenoxy) is 1. The molecule has 0 radical (unpaired) electrons. The largest absolute Gasteiger partial charge is 0.490 e. The Balaban J connectivity index is 1.59. The minimum atomic E-state index is -0.771. The average Bonchev–Trinajstić information content (AvgIpc) is 3.32. The maximum Gasteiger partial charge on any atom is 0.303 e. The Labute approximate surface area is 188 Å². The van der Waals surface area contributed by atoms with Crippen molar-refractivity contribution in [2.75, 3.05) is 7.05 Å². The molecule has 0 aliphatic rings. The second-order valence-electron chi connectivity index (χ2n) is 7.89. The molecule has 32 heavy (non-hydrogen) atoms. The number of carbonyl (C=O) groups excluding carboxylic acids is 1. The third-order valence-corrected chi connectivity index (χ3v) is 5.24. The first kappa shape index (κ1) is 23.1. The summed E-state index contributed by atoms with van der Waals surface area (Å²) >= 11 is 0. The van der Waals surface area contributed by atoms with Crippen LogP contribution in [0.3, 0.4) is 0 Å². The van der Waals surface area contributed by atoms with E-state index in [0.29, 0.717) is 18.5 Å². The summed E-state index contributed by atoms with van der Waals surface area (Å²) in [6, 6.07) is 18.8. The van der Waals surface area contributed by atoms with Crippen molar-refractivity contribution in [2.45, 2.75) is 45.3 Å². The number of unbranched alkanes of at least 4 members (excludes halogenated alkanes) is 1. The number of hydrogen-bond donors (Lipinski definition) is 1. The van der Waals surface area contributed by atoms with E-state index in [1.54, 1.807) is 30.3 Å². The summed E-state index contributed by atoms with van der Waals surface area (Å²) in [5, 5.41) is 8.75. The Morgan fingerprint density at radius 1 is 1.03 bits per heavy atom. The molecule has 6 nitrogen and oxygen atoms in total. The van der Waals surface area contributed by atoms with Crippen molar-refractivity contribution in [1.82, 2.24) is 4.90 Å². The number of rotatable bonds is 11. The Kier molecular flexibility index (Phi) is 8.08. The molecule has 2 aromatic carbocycles. The molecule has 6 heteroatoms. The van der Waals surface area contributed by atoms with E-state index in [-0.39, 0.29) is 18.4 Å². The molecule has 0 saturated carbocycles. The van der Waals surface area contributed by atoms with Gasteiger partial charge in [0.2, 0.25) is 0 Å². The van der Waals surface area contributed by atoms with E-state index in [4.69, 9.17) is 14.3 Å². The topological polar surface area (TPSA) is 80.0 Å². The maximum atomic E-state index is 12.9. The molecule has 1 atom stereocenters. The smallest absolute Gasteiger partial charge is 0.303 e. The minimum Gasteiger partial charge on any atom is -0.490 e. The molecule has 1 aromatic heterocycles. The molecule has 3 rings (SSSR count). The van der Waals surface area contributed by atoms with Gasteiger partial charge >= 0.3 is 5.97 Å². The predicted molar refractivity (Wildman–Crippen MR) is 123 cm³/mol. The van der Waals surface area contributed by atoms with Crippen LogP contribution in [0.5, 0.6) is 5.75 Å². The summed E-state index contributed by atoms with van der Waals surface area (Å²) in [6.07, 6.45) is 3.97. The maximum absolute atomic E-state index is 12.9. The first-order chi connectivity index (χ1) is 15.4. The van der Waals surface area contributed by atoms with Gasteiger partial charge in [-0.25, -0.2) is 0 Å². The van der Waals surface area contributed by atoms with Gasteiger partial charge in [-0.3, -0.25) is 9.59 Å². The normalized spacial score (nSPS) is 11.7. The van der Waals surface area contributed by atoms with E-state index in [1.165, 1.54) is 0 Å². The van der Waals surface area contributed by atoms with Crippen LogP contribution in [-0.2, 0) is 11.3 Å². The molecule has 1 amide bonds. The van der Waals surface area contributed by atoms with E-state index in [9.17, 15) is 9.59 Å². The highest BCUT2D eigenvalue weighted by molar-refractivity contribution is 5.94. The van der Waals surface area contributed by atoms with Crippen molar-refractivity contribution in [3.05, 3.63) is 78.1 Å². The molecule has 0 aliphatic heterocycles. The highest BCUT2D eigenvalue weighted by Crippen LogP contribution is 2.24. The van der Waals surface area contributed by atoms with Crippen molar-refractivity contribution in [1.29, 1.82) is 0 Å². The third kappa shape index (κ3) is 6.48. The van der Waals surface area contributed by atoms with Gasteiger partial charge < -0.3 is 19.2 Å². The lowest BCUT2D eigenvalue weighted by Gasteiger charge is -2.21. The van der Waals surface area contributed by atoms with Crippen LogP contribution in [0.25, 0.3) is 11.3 Å². The summed E-state index contributed by atoms with van der Waals surface area (Å²) in [4.78, 5) is 25.2. The quantitative estimate of drug-likeness (QED) is 0.395.